The van der Waals surface area contributed by atoms with E-state index in [9.17, 15) is 24.6 Å². The fourth-order valence-corrected chi connectivity index (χ4v) is 3.44. The van der Waals surface area contributed by atoms with Crippen LogP contribution in [0.25, 0.3) is 11.0 Å². The molecule has 1 aliphatic rings. The summed E-state index contributed by atoms with van der Waals surface area (Å²) in [5.41, 5.74) is 2.11. The minimum absolute atomic E-state index is 0. The topological polar surface area (TPSA) is 110 Å². The molecule has 1 unspecified atom stereocenters. The van der Waals surface area contributed by atoms with Gasteiger partial charge in [-0.1, -0.05) is 19.4 Å². The molecule has 0 bridgehead atoms. The average Bonchev–Trinajstić information content (AvgIpc) is 2.54. The third-order valence-electron chi connectivity index (χ3n) is 4.54. The summed E-state index contributed by atoms with van der Waals surface area (Å²) in [7, 11) is 0. The van der Waals surface area contributed by atoms with Gasteiger partial charge >= 0.3 is 59.1 Å². The molecule has 1 aromatic carbocycles. The van der Waals surface area contributed by atoms with Crippen LogP contribution in [0.15, 0.2) is 21.3 Å². The summed E-state index contributed by atoms with van der Waals surface area (Å²) in [6, 6.07) is 2.76. The summed E-state index contributed by atoms with van der Waals surface area (Å²) < 4.78 is 5.44. The molecular formula is C18H16Na2O6. The number of carboxylic acid groups (broad SMARTS) is 2. The molecule has 1 atom stereocenters. The van der Waals surface area contributed by atoms with Gasteiger partial charge in [0.1, 0.15) is 11.6 Å². The molecule has 26 heavy (non-hydrogen) atoms. The molecule has 2 aromatic rings. The zero-order valence-corrected chi connectivity index (χ0v) is 19.2. The first-order valence-corrected chi connectivity index (χ1v) is 7.96. The number of rotatable bonds is 4. The summed E-state index contributed by atoms with van der Waals surface area (Å²) in [6.07, 6.45) is 2.49. The zero-order chi connectivity index (χ0) is 17.4. The summed E-state index contributed by atoms with van der Waals surface area (Å²) in [6.45, 7) is 1.95. The maximum atomic E-state index is 12.5. The van der Waals surface area contributed by atoms with Gasteiger partial charge in [-0.05, 0) is 42.4 Å². The second-order valence-electron chi connectivity index (χ2n) is 6.15. The Balaban J connectivity index is 0.00000169. The fraction of sp³-hybridized carbons (Fsp3) is 0.389. The molecule has 0 amide bonds. The van der Waals surface area contributed by atoms with E-state index in [2.05, 4.69) is 0 Å². The van der Waals surface area contributed by atoms with E-state index < -0.39 is 29.0 Å². The number of aliphatic carboxylic acids is 1. The largest absolute Gasteiger partial charge is 1.00 e. The quantitative estimate of drug-likeness (QED) is 0.493. The van der Waals surface area contributed by atoms with Gasteiger partial charge in [0.05, 0.1) is 5.39 Å². The minimum Gasteiger partial charge on any atom is -0.550 e. The number of hydrogen-bond donors (Lipinski definition) is 0. The maximum Gasteiger partial charge on any atom is 1.00 e. The van der Waals surface area contributed by atoms with E-state index in [0.29, 0.717) is 36.6 Å². The van der Waals surface area contributed by atoms with Crippen LogP contribution in [0.5, 0.6) is 0 Å². The van der Waals surface area contributed by atoms with Crippen LogP contribution < -0.4 is 74.8 Å². The number of carbonyl (C=O) groups excluding carboxylic acids is 2. The molecule has 0 fully saturated rings. The number of fused-ring (bicyclic) bond motifs is 3. The Hall–Kier alpha value is -0.630. The molecule has 1 aliphatic carbocycles. The maximum absolute atomic E-state index is 12.5. The molecule has 6 nitrogen and oxygen atoms in total. The molecule has 126 valence electrons. The van der Waals surface area contributed by atoms with Crippen molar-refractivity contribution in [2.45, 2.75) is 39.0 Å². The first kappa shape index (κ1) is 23.4. The Labute approximate surface area is 194 Å². The van der Waals surface area contributed by atoms with Crippen molar-refractivity contribution in [3.63, 3.8) is 0 Å². The number of aromatic carboxylic acids is 1. The summed E-state index contributed by atoms with van der Waals surface area (Å²) in [5.74, 6) is -3.68. The Morgan fingerprint density at radius 3 is 2.50 bits per heavy atom. The van der Waals surface area contributed by atoms with Gasteiger partial charge < -0.3 is 24.2 Å². The van der Waals surface area contributed by atoms with Crippen LogP contribution in [0.2, 0.25) is 0 Å². The molecule has 3 rings (SSSR count). The van der Waals surface area contributed by atoms with E-state index in [1.807, 2.05) is 13.0 Å². The molecule has 0 spiro atoms. The van der Waals surface area contributed by atoms with Crippen LogP contribution >= 0.6 is 0 Å². The van der Waals surface area contributed by atoms with E-state index in [4.69, 9.17) is 4.42 Å². The van der Waals surface area contributed by atoms with E-state index in [0.717, 1.165) is 23.6 Å². The Morgan fingerprint density at radius 2 is 1.92 bits per heavy atom. The van der Waals surface area contributed by atoms with E-state index in [1.54, 1.807) is 0 Å². The van der Waals surface area contributed by atoms with Crippen LogP contribution in [-0.4, -0.2) is 11.9 Å². The zero-order valence-electron chi connectivity index (χ0n) is 15.2. The number of carbonyl (C=O) groups is 2. The fourth-order valence-electron chi connectivity index (χ4n) is 3.44. The molecular weight excluding hydrogens is 358 g/mol. The minimum atomic E-state index is -1.54. The Kier molecular flexibility index (Phi) is 8.58. The molecule has 0 saturated heterocycles. The van der Waals surface area contributed by atoms with Crippen LogP contribution in [0, 0.1) is 5.92 Å². The van der Waals surface area contributed by atoms with Crippen LogP contribution in [0.4, 0.5) is 0 Å². The molecule has 0 saturated carbocycles. The summed E-state index contributed by atoms with van der Waals surface area (Å²) >= 11 is 0. The van der Waals surface area contributed by atoms with Gasteiger partial charge in [0.2, 0.25) is 0 Å². The van der Waals surface area contributed by atoms with Crippen molar-refractivity contribution in [1.82, 2.24) is 0 Å². The van der Waals surface area contributed by atoms with Crippen molar-refractivity contribution in [2.24, 2.45) is 5.92 Å². The predicted molar refractivity (Wildman–Crippen MR) is 81.3 cm³/mol. The second-order valence-corrected chi connectivity index (χ2v) is 6.15. The van der Waals surface area contributed by atoms with Gasteiger partial charge in [-0.15, -0.1) is 0 Å². The molecule has 0 N–H and O–H groups in total. The molecule has 1 heterocycles. The number of hydrogen-bond acceptors (Lipinski definition) is 6. The number of benzene rings is 1. The van der Waals surface area contributed by atoms with Crippen LogP contribution in [0.3, 0.4) is 0 Å². The normalized spacial score (nSPS) is 15.5. The van der Waals surface area contributed by atoms with Gasteiger partial charge in [-0.25, -0.2) is 0 Å². The second kappa shape index (κ2) is 9.53. The van der Waals surface area contributed by atoms with Crippen molar-refractivity contribution in [2.75, 3.05) is 0 Å². The van der Waals surface area contributed by atoms with E-state index >= 15 is 0 Å². The van der Waals surface area contributed by atoms with Crippen LogP contribution in [0.1, 0.15) is 47.0 Å². The van der Waals surface area contributed by atoms with Crippen molar-refractivity contribution < 1.29 is 83.3 Å². The van der Waals surface area contributed by atoms with E-state index in [1.165, 1.54) is 0 Å². The van der Waals surface area contributed by atoms with E-state index in [-0.39, 0.29) is 64.7 Å². The van der Waals surface area contributed by atoms with Gasteiger partial charge in [0, 0.05) is 18.0 Å². The number of carboxylic acids is 2. The van der Waals surface area contributed by atoms with Gasteiger partial charge in [0.25, 0.3) is 0 Å². The number of aryl methyl sites for hydroxylation is 2. The molecule has 0 aliphatic heterocycles. The monoisotopic (exact) mass is 374 g/mol. The summed E-state index contributed by atoms with van der Waals surface area (Å²) in [5, 5.41) is 22.6. The Morgan fingerprint density at radius 1 is 1.23 bits per heavy atom. The van der Waals surface area contributed by atoms with Crippen molar-refractivity contribution in [3.05, 3.63) is 44.8 Å². The van der Waals surface area contributed by atoms with Crippen LogP contribution in [-0.2, 0) is 24.1 Å². The van der Waals surface area contributed by atoms with Crippen molar-refractivity contribution >= 4 is 22.9 Å². The predicted octanol–water partition coefficient (Wildman–Crippen LogP) is -6.03. The molecule has 0 radical (unpaired) electrons. The standard InChI is InChI=1S/C18H18O6.2Na/c1-2-3-9-6-11-7-10(17(20)21)4-5-12(11)15-13(19)8-14(18(22)23)24-16(9)15;;/h6,8,10H,2-5,7H2,1H3,(H,20,21)(H,22,23);;/q;2*+1/p-2. The third-order valence-corrected chi connectivity index (χ3v) is 4.54. The first-order valence-electron chi connectivity index (χ1n) is 7.96. The van der Waals surface area contributed by atoms with Crippen molar-refractivity contribution in [1.29, 1.82) is 0 Å². The smallest absolute Gasteiger partial charge is 0.550 e. The summed E-state index contributed by atoms with van der Waals surface area (Å²) in [4.78, 5) is 34.7. The third kappa shape index (κ3) is 4.43. The average molecular weight is 374 g/mol. The SMILES string of the molecule is CCCc1cc2c(c3c(=O)cc(C(=O)[O-])oc13)CCC(C(=O)[O-])C2.[Na+].[Na+]. The molecule has 1 aromatic heterocycles. The van der Waals surface area contributed by atoms with Gasteiger partial charge in [0.15, 0.2) is 11.2 Å². The van der Waals surface area contributed by atoms with Gasteiger partial charge in [-0.3, -0.25) is 4.79 Å². The van der Waals surface area contributed by atoms with Crippen molar-refractivity contribution in [3.8, 4) is 0 Å². The Bertz CT molecular complexity index is 903. The van der Waals surface area contributed by atoms with Gasteiger partial charge in [-0.2, -0.15) is 0 Å². The molecule has 8 heteroatoms. The first-order chi connectivity index (χ1) is 11.4.